The normalized spacial score (nSPS) is 19.5. The molecule has 1 fully saturated rings. The third-order valence-electron chi connectivity index (χ3n) is 5.49. The van der Waals surface area contributed by atoms with Crippen molar-refractivity contribution in [3.63, 3.8) is 0 Å². The highest BCUT2D eigenvalue weighted by Crippen LogP contribution is 2.37. The molecule has 4 aromatic rings. The monoisotopic (exact) mass is 374 g/mol. The van der Waals surface area contributed by atoms with Crippen LogP contribution in [0.3, 0.4) is 0 Å². The molecule has 3 aromatic heterocycles. The van der Waals surface area contributed by atoms with E-state index >= 15 is 0 Å². The van der Waals surface area contributed by atoms with E-state index in [1.165, 1.54) is 0 Å². The van der Waals surface area contributed by atoms with E-state index in [9.17, 15) is 9.65 Å². The number of benzene rings is 1. The highest BCUT2D eigenvalue weighted by Gasteiger charge is 2.29. The molecule has 0 unspecified atom stereocenters. The van der Waals surface area contributed by atoms with Gasteiger partial charge in [-0.3, -0.25) is 9.67 Å². The molecule has 0 aliphatic heterocycles. The number of halogens is 1. The lowest BCUT2D eigenvalue weighted by atomic mass is 10.1. The van der Waals surface area contributed by atoms with E-state index in [1.807, 2.05) is 36.1 Å². The van der Waals surface area contributed by atoms with E-state index in [0.29, 0.717) is 24.9 Å². The van der Waals surface area contributed by atoms with Gasteiger partial charge in [0.05, 0.1) is 41.6 Å². The minimum absolute atomic E-state index is 0.0444. The third kappa shape index (κ3) is 2.73. The average Bonchev–Trinajstić information content (AvgIpc) is 3.39. The summed E-state index contributed by atoms with van der Waals surface area (Å²) in [6.45, 7) is 2.51. The van der Waals surface area contributed by atoms with Gasteiger partial charge in [0.15, 0.2) is 0 Å². The number of rotatable bonds is 3. The minimum atomic E-state index is -0.787. The number of imidazole rings is 1. The molecule has 28 heavy (non-hydrogen) atoms. The second-order valence-corrected chi connectivity index (χ2v) is 7.51. The summed E-state index contributed by atoms with van der Waals surface area (Å²) in [6.07, 6.45) is 6.59. The molecule has 7 heteroatoms. The van der Waals surface area contributed by atoms with Crippen molar-refractivity contribution in [1.29, 1.82) is 5.26 Å². The van der Waals surface area contributed by atoms with Crippen LogP contribution in [0.4, 0.5) is 4.39 Å². The molecular weight excluding hydrogens is 355 g/mol. The number of nitrogens with zero attached hydrogens (tertiary/aromatic N) is 6. The lowest BCUT2D eigenvalue weighted by molar-refractivity contribution is 0.330. The van der Waals surface area contributed by atoms with Gasteiger partial charge in [-0.15, -0.1) is 0 Å². The fraction of sp³-hybridized carbons (Fsp3) is 0.333. The number of aromatic nitrogens is 5. The van der Waals surface area contributed by atoms with Crippen LogP contribution in [0.15, 0.2) is 36.8 Å². The molecule has 140 valence electrons. The number of alkyl halides is 1. The number of nitriles is 1. The zero-order chi connectivity index (χ0) is 19.3. The Kier molecular flexibility index (Phi) is 3.86. The van der Waals surface area contributed by atoms with E-state index in [0.717, 1.165) is 39.7 Å². The summed E-state index contributed by atoms with van der Waals surface area (Å²) >= 11 is 0. The summed E-state index contributed by atoms with van der Waals surface area (Å²) in [5.74, 6) is 0.842. The Hall–Kier alpha value is -3.27. The molecule has 1 aromatic carbocycles. The topological polar surface area (TPSA) is 72.3 Å². The maximum atomic E-state index is 14.1. The van der Waals surface area contributed by atoms with Gasteiger partial charge >= 0.3 is 0 Å². The van der Waals surface area contributed by atoms with Crippen LogP contribution in [0.5, 0.6) is 0 Å². The maximum absolute atomic E-state index is 14.1. The van der Waals surface area contributed by atoms with Crippen LogP contribution in [0.1, 0.15) is 42.3 Å². The summed E-state index contributed by atoms with van der Waals surface area (Å²) in [6, 6.07) is 7.72. The van der Waals surface area contributed by atoms with Gasteiger partial charge in [0.1, 0.15) is 17.5 Å². The fourth-order valence-corrected chi connectivity index (χ4v) is 4.24. The van der Waals surface area contributed by atoms with Crippen molar-refractivity contribution in [3.05, 3.63) is 53.7 Å². The lowest BCUT2D eigenvalue weighted by Gasteiger charge is -2.17. The Balaban J connectivity index is 1.76. The number of aryl methyl sites for hydroxylation is 1. The van der Waals surface area contributed by atoms with Crippen LogP contribution in [-0.4, -0.2) is 30.5 Å². The summed E-state index contributed by atoms with van der Waals surface area (Å²) in [5.41, 5.74) is 4.17. The van der Waals surface area contributed by atoms with Gasteiger partial charge in [-0.05, 0) is 49.9 Å². The first-order chi connectivity index (χ1) is 13.6. The first-order valence-electron chi connectivity index (χ1n) is 9.45. The average molecular weight is 374 g/mol. The van der Waals surface area contributed by atoms with Crippen LogP contribution >= 0.6 is 0 Å². The van der Waals surface area contributed by atoms with Crippen molar-refractivity contribution in [1.82, 2.24) is 24.3 Å². The zero-order valence-electron chi connectivity index (χ0n) is 15.5. The molecule has 5 rings (SSSR count). The highest BCUT2D eigenvalue weighted by molar-refractivity contribution is 6.02. The minimum Gasteiger partial charge on any atom is -0.323 e. The molecule has 2 atom stereocenters. The molecule has 1 aliphatic rings. The second-order valence-electron chi connectivity index (χ2n) is 7.51. The molecule has 6 nitrogen and oxygen atoms in total. The molecular formula is C21H19FN6. The SMILES string of the molecule is Cc1cnn(Cc2nc3cnc4ccc(C#N)cc4c3n2[C@@H]2CC[C@H](F)C2)c1. The van der Waals surface area contributed by atoms with Crippen molar-refractivity contribution in [3.8, 4) is 6.07 Å². The predicted octanol–water partition coefficient (Wildman–Crippen LogP) is 4.07. The number of hydrogen-bond acceptors (Lipinski definition) is 4. The molecule has 0 radical (unpaired) electrons. The van der Waals surface area contributed by atoms with E-state index in [2.05, 4.69) is 20.7 Å². The highest BCUT2D eigenvalue weighted by atomic mass is 19.1. The van der Waals surface area contributed by atoms with Crippen LogP contribution in [0.25, 0.3) is 21.9 Å². The Morgan fingerprint density at radius 3 is 2.86 bits per heavy atom. The zero-order valence-corrected chi connectivity index (χ0v) is 15.5. The maximum Gasteiger partial charge on any atom is 0.132 e. The summed E-state index contributed by atoms with van der Waals surface area (Å²) in [4.78, 5) is 9.34. The number of hydrogen-bond donors (Lipinski definition) is 0. The van der Waals surface area contributed by atoms with Gasteiger partial charge in [0, 0.05) is 17.6 Å². The summed E-state index contributed by atoms with van der Waals surface area (Å²) in [7, 11) is 0. The lowest BCUT2D eigenvalue weighted by Crippen LogP contribution is -2.13. The number of fused-ring (bicyclic) bond motifs is 3. The van der Waals surface area contributed by atoms with Gasteiger partial charge < -0.3 is 4.57 Å². The van der Waals surface area contributed by atoms with Gasteiger partial charge in [0.2, 0.25) is 0 Å². The van der Waals surface area contributed by atoms with Crippen molar-refractivity contribution >= 4 is 21.9 Å². The molecule has 0 saturated heterocycles. The molecule has 1 aliphatic carbocycles. The van der Waals surface area contributed by atoms with Crippen LogP contribution in [-0.2, 0) is 6.54 Å². The van der Waals surface area contributed by atoms with Crippen molar-refractivity contribution in [2.45, 2.75) is 44.9 Å². The van der Waals surface area contributed by atoms with Crippen molar-refractivity contribution in [2.24, 2.45) is 0 Å². The van der Waals surface area contributed by atoms with E-state index in [-0.39, 0.29) is 6.04 Å². The third-order valence-corrected chi connectivity index (χ3v) is 5.49. The first kappa shape index (κ1) is 16.9. The van der Waals surface area contributed by atoms with Gasteiger partial charge in [-0.2, -0.15) is 10.4 Å². The van der Waals surface area contributed by atoms with Gasteiger partial charge in [-0.25, -0.2) is 9.37 Å². The molecule has 0 spiro atoms. The standard InChI is InChI=1S/C21H19FN6/c1-13-9-25-27(11-13)12-20-26-19-10-24-18-5-2-14(8-23)6-17(18)21(19)28(20)16-4-3-15(22)7-16/h2,5-6,9-11,15-16H,3-4,7,12H2,1H3/t15-,16+/m0/s1. The Labute approximate surface area is 161 Å². The van der Waals surface area contributed by atoms with Crippen LogP contribution < -0.4 is 0 Å². The molecule has 1 saturated carbocycles. The van der Waals surface area contributed by atoms with Crippen LogP contribution in [0.2, 0.25) is 0 Å². The molecule has 0 amide bonds. The Morgan fingerprint density at radius 2 is 2.14 bits per heavy atom. The Bertz CT molecular complexity index is 1230. The van der Waals surface area contributed by atoms with E-state index in [1.54, 1.807) is 12.3 Å². The molecule has 3 heterocycles. The van der Waals surface area contributed by atoms with Crippen molar-refractivity contribution < 1.29 is 4.39 Å². The number of pyridine rings is 1. The summed E-state index contributed by atoms with van der Waals surface area (Å²) < 4.78 is 18.1. The largest absolute Gasteiger partial charge is 0.323 e. The quantitative estimate of drug-likeness (QED) is 0.542. The van der Waals surface area contributed by atoms with Crippen LogP contribution in [0, 0.1) is 18.3 Å². The Morgan fingerprint density at radius 1 is 1.25 bits per heavy atom. The first-order valence-corrected chi connectivity index (χ1v) is 9.45. The summed E-state index contributed by atoms with van der Waals surface area (Å²) in [5, 5.41) is 14.6. The van der Waals surface area contributed by atoms with E-state index in [4.69, 9.17) is 4.98 Å². The predicted molar refractivity (Wildman–Crippen MR) is 104 cm³/mol. The smallest absolute Gasteiger partial charge is 0.132 e. The molecule has 0 bridgehead atoms. The second kappa shape index (κ2) is 6.41. The van der Waals surface area contributed by atoms with E-state index < -0.39 is 6.17 Å². The van der Waals surface area contributed by atoms with Gasteiger partial charge in [-0.1, -0.05) is 0 Å². The van der Waals surface area contributed by atoms with Crippen molar-refractivity contribution in [2.75, 3.05) is 0 Å². The molecule has 0 N–H and O–H groups in total. The fourth-order valence-electron chi connectivity index (χ4n) is 4.24. The van der Waals surface area contributed by atoms with Gasteiger partial charge in [0.25, 0.3) is 0 Å².